The number of nitrogens with zero attached hydrogens (tertiary/aromatic N) is 5. The monoisotopic (exact) mass is 267 g/mol. The number of aromatic nitrogens is 2. The maximum atomic E-state index is 12.4. The molecule has 1 aliphatic rings. The molecule has 2 rings (SSSR count). The number of likely N-dealkylation sites (N-methyl/N-ethyl adjacent to an activating group) is 1. The first kappa shape index (κ1) is 13.5. The first-order valence-corrected chi connectivity index (χ1v) is 6.07. The van der Waals surface area contributed by atoms with E-state index >= 15 is 0 Å². The van der Waals surface area contributed by atoms with Gasteiger partial charge in [-0.2, -0.15) is 5.10 Å². The molecule has 1 amide bonds. The van der Waals surface area contributed by atoms with Gasteiger partial charge in [-0.25, -0.2) is 0 Å². The minimum atomic E-state index is -0.536. The summed E-state index contributed by atoms with van der Waals surface area (Å²) in [6.07, 6.45) is 0. The van der Waals surface area contributed by atoms with Crippen LogP contribution in [0.2, 0.25) is 0 Å². The summed E-state index contributed by atoms with van der Waals surface area (Å²) in [5.41, 5.74) is 0.142. The predicted octanol–water partition coefficient (Wildman–Crippen LogP) is 0.0243. The van der Waals surface area contributed by atoms with Gasteiger partial charge in [0.05, 0.1) is 4.92 Å². The van der Waals surface area contributed by atoms with Crippen molar-refractivity contribution in [2.24, 2.45) is 7.05 Å². The summed E-state index contributed by atoms with van der Waals surface area (Å²) in [7, 11) is 3.54. The summed E-state index contributed by atoms with van der Waals surface area (Å²) in [6, 6.07) is 0. The predicted molar refractivity (Wildman–Crippen MR) is 68.0 cm³/mol. The van der Waals surface area contributed by atoms with Crippen molar-refractivity contribution in [2.75, 3.05) is 33.2 Å². The highest BCUT2D eigenvalue weighted by molar-refractivity contribution is 5.97. The van der Waals surface area contributed by atoms with E-state index in [2.05, 4.69) is 10.00 Å². The molecule has 1 aromatic rings. The molecule has 0 unspecified atom stereocenters. The number of piperazine rings is 1. The first-order valence-electron chi connectivity index (χ1n) is 6.07. The van der Waals surface area contributed by atoms with Gasteiger partial charge >= 0.3 is 5.69 Å². The summed E-state index contributed by atoms with van der Waals surface area (Å²) < 4.78 is 1.30. The van der Waals surface area contributed by atoms with E-state index in [-0.39, 0.29) is 23.0 Å². The fourth-order valence-electron chi connectivity index (χ4n) is 2.26. The normalized spacial score (nSPS) is 16.7. The molecule has 2 heterocycles. The Labute approximate surface area is 110 Å². The molecular formula is C11H17N5O3. The van der Waals surface area contributed by atoms with Crippen LogP contribution in [-0.2, 0) is 7.05 Å². The van der Waals surface area contributed by atoms with Crippen molar-refractivity contribution < 1.29 is 9.72 Å². The maximum Gasteiger partial charge on any atom is 0.322 e. The van der Waals surface area contributed by atoms with E-state index in [1.54, 1.807) is 18.9 Å². The molecular weight excluding hydrogens is 250 g/mol. The molecule has 0 saturated carbocycles. The lowest BCUT2D eigenvalue weighted by Gasteiger charge is -2.32. The second-order valence-corrected chi connectivity index (χ2v) is 4.76. The van der Waals surface area contributed by atoms with E-state index in [9.17, 15) is 14.9 Å². The highest BCUT2D eigenvalue weighted by atomic mass is 16.6. The zero-order valence-electron chi connectivity index (χ0n) is 11.3. The van der Waals surface area contributed by atoms with E-state index in [1.807, 2.05) is 7.05 Å². The zero-order chi connectivity index (χ0) is 14.2. The van der Waals surface area contributed by atoms with Gasteiger partial charge in [-0.1, -0.05) is 0 Å². The summed E-state index contributed by atoms with van der Waals surface area (Å²) in [6.45, 7) is 4.25. The van der Waals surface area contributed by atoms with Gasteiger partial charge in [0.15, 0.2) is 0 Å². The largest absolute Gasteiger partial charge is 0.335 e. The Morgan fingerprint density at radius 1 is 1.26 bits per heavy atom. The second-order valence-electron chi connectivity index (χ2n) is 4.76. The minimum absolute atomic E-state index is 0.0621. The van der Waals surface area contributed by atoms with Crippen LogP contribution in [0.25, 0.3) is 0 Å². The summed E-state index contributed by atoms with van der Waals surface area (Å²) in [4.78, 5) is 26.7. The number of amides is 1. The Kier molecular flexibility index (Phi) is 3.52. The average Bonchev–Trinajstić information content (AvgIpc) is 2.64. The van der Waals surface area contributed by atoms with E-state index in [0.717, 1.165) is 13.1 Å². The number of nitro groups is 1. The minimum Gasteiger partial charge on any atom is -0.335 e. The number of carbonyl (C=O) groups is 1. The summed E-state index contributed by atoms with van der Waals surface area (Å²) >= 11 is 0. The molecule has 0 atom stereocenters. The molecule has 8 heteroatoms. The molecule has 1 aliphatic heterocycles. The van der Waals surface area contributed by atoms with Crippen molar-refractivity contribution >= 4 is 11.6 Å². The molecule has 1 saturated heterocycles. The SMILES string of the molecule is Cc1nn(C)c(C(=O)N2CCN(C)CC2)c1[N+](=O)[O-]. The third-order valence-corrected chi connectivity index (χ3v) is 3.37. The number of carbonyl (C=O) groups excluding carboxylic acids is 1. The van der Waals surface area contributed by atoms with Gasteiger partial charge in [0.25, 0.3) is 5.91 Å². The molecule has 104 valence electrons. The van der Waals surface area contributed by atoms with Crippen molar-refractivity contribution in [2.45, 2.75) is 6.92 Å². The fraction of sp³-hybridized carbons (Fsp3) is 0.636. The van der Waals surface area contributed by atoms with Crippen molar-refractivity contribution in [1.82, 2.24) is 19.6 Å². The Balaban J connectivity index is 2.31. The maximum absolute atomic E-state index is 12.4. The first-order chi connectivity index (χ1) is 8.91. The van der Waals surface area contributed by atoms with Gasteiger partial charge in [-0.05, 0) is 14.0 Å². The third kappa shape index (κ3) is 2.43. The Morgan fingerprint density at radius 2 is 1.84 bits per heavy atom. The van der Waals surface area contributed by atoms with Crippen LogP contribution in [0.5, 0.6) is 0 Å². The lowest BCUT2D eigenvalue weighted by atomic mass is 10.2. The number of aryl methyl sites for hydroxylation is 2. The standard InChI is InChI=1S/C11H17N5O3/c1-8-9(16(18)19)10(14(3)12-8)11(17)15-6-4-13(2)5-7-15/h4-7H2,1-3H3. The van der Waals surface area contributed by atoms with E-state index in [4.69, 9.17) is 0 Å². The highest BCUT2D eigenvalue weighted by Crippen LogP contribution is 2.24. The van der Waals surface area contributed by atoms with Crippen molar-refractivity contribution in [3.05, 3.63) is 21.5 Å². The molecule has 0 N–H and O–H groups in total. The molecule has 19 heavy (non-hydrogen) atoms. The molecule has 1 aromatic heterocycles. The number of hydrogen-bond donors (Lipinski definition) is 0. The van der Waals surface area contributed by atoms with Gasteiger partial charge in [0.1, 0.15) is 5.69 Å². The Morgan fingerprint density at radius 3 is 2.37 bits per heavy atom. The van der Waals surface area contributed by atoms with Crippen LogP contribution in [0.1, 0.15) is 16.2 Å². The second kappa shape index (κ2) is 4.96. The van der Waals surface area contributed by atoms with Gasteiger partial charge in [-0.3, -0.25) is 19.6 Å². The van der Waals surface area contributed by atoms with Gasteiger partial charge in [-0.15, -0.1) is 0 Å². The van der Waals surface area contributed by atoms with Crippen LogP contribution in [-0.4, -0.2) is 63.6 Å². The van der Waals surface area contributed by atoms with E-state index in [1.165, 1.54) is 4.68 Å². The number of hydrogen-bond acceptors (Lipinski definition) is 5. The van der Waals surface area contributed by atoms with Crippen LogP contribution in [0.3, 0.4) is 0 Å². The third-order valence-electron chi connectivity index (χ3n) is 3.37. The molecule has 1 fully saturated rings. The van der Waals surface area contributed by atoms with Crippen molar-refractivity contribution in [3.8, 4) is 0 Å². The molecule has 0 aliphatic carbocycles. The highest BCUT2D eigenvalue weighted by Gasteiger charge is 2.33. The summed E-state index contributed by atoms with van der Waals surface area (Å²) in [5.74, 6) is -0.317. The van der Waals surface area contributed by atoms with Gasteiger partial charge in [0.2, 0.25) is 5.69 Å². The molecule has 0 spiro atoms. The topological polar surface area (TPSA) is 84.5 Å². The van der Waals surface area contributed by atoms with Crippen molar-refractivity contribution in [1.29, 1.82) is 0 Å². The van der Waals surface area contributed by atoms with Gasteiger partial charge in [0, 0.05) is 33.2 Å². The smallest absolute Gasteiger partial charge is 0.322 e. The molecule has 8 nitrogen and oxygen atoms in total. The van der Waals surface area contributed by atoms with E-state index in [0.29, 0.717) is 13.1 Å². The van der Waals surface area contributed by atoms with Crippen LogP contribution < -0.4 is 0 Å². The van der Waals surface area contributed by atoms with Crippen LogP contribution in [0, 0.1) is 17.0 Å². The average molecular weight is 267 g/mol. The molecule has 0 aromatic carbocycles. The van der Waals surface area contributed by atoms with Crippen LogP contribution in [0.4, 0.5) is 5.69 Å². The quantitative estimate of drug-likeness (QED) is 0.557. The van der Waals surface area contributed by atoms with E-state index < -0.39 is 4.92 Å². The number of rotatable bonds is 2. The lowest BCUT2D eigenvalue weighted by molar-refractivity contribution is -0.385. The fourth-order valence-corrected chi connectivity index (χ4v) is 2.26. The van der Waals surface area contributed by atoms with Crippen LogP contribution in [0.15, 0.2) is 0 Å². The van der Waals surface area contributed by atoms with Crippen molar-refractivity contribution in [3.63, 3.8) is 0 Å². The Hall–Kier alpha value is -1.96. The van der Waals surface area contributed by atoms with Crippen LogP contribution >= 0.6 is 0 Å². The molecule has 0 radical (unpaired) electrons. The molecule has 0 bridgehead atoms. The lowest BCUT2D eigenvalue weighted by Crippen LogP contribution is -2.47. The summed E-state index contributed by atoms with van der Waals surface area (Å²) in [5, 5.41) is 15.0. The Bertz CT molecular complexity index is 517. The zero-order valence-corrected chi connectivity index (χ0v) is 11.3. The van der Waals surface area contributed by atoms with Gasteiger partial charge < -0.3 is 9.80 Å².